The standard InChI is InChI=1S/C17H16N4O3/c1-9-5-11(9)12-7-21(13-6-18-4-3-10(13)17(22)23)15-14(12)16(24-2)20-8-19-15/h3-4,6-9,11H,5H2,1-2H3,(H,22,23). The second-order valence-electron chi connectivity index (χ2n) is 6.05. The Morgan fingerprint density at radius 1 is 1.42 bits per heavy atom. The number of methoxy groups -OCH3 is 1. The van der Waals surface area contributed by atoms with Crippen LogP contribution in [0.3, 0.4) is 0 Å². The summed E-state index contributed by atoms with van der Waals surface area (Å²) >= 11 is 0. The van der Waals surface area contributed by atoms with Gasteiger partial charge >= 0.3 is 5.97 Å². The first-order valence-corrected chi connectivity index (χ1v) is 7.69. The fourth-order valence-corrected chi connectivity index (χ4v) is 3.19. The predicted molar refractivity (Wildman–Crippen MR) is 86.7 cm³/mol. The summed E-state index contributed by atoms with van der Waals surface area (Å²) in [5, 5.41) is 10.3. The number of aromatic carboxylic acids is 1. The minimum absolute atomic E-state index is 0.176. The third-order valence-electron chi connectivity index (χ3n) is 4.57. The summed E-state index contributed by atoms with van der Waals surface area (Å²) in [5.41, 5.74) is 2.38. The summed E-state index contributed by atoms with van der Waals surface area (Å²) in [5.74, 6) is 0.505. The number of nitrogens with zero attached hydrogens (tertiary/aromatic N) is 4. The maximum absolute atomic E-state index is 11.6. The lowest BCUT2D eigenvalue weighted by molar-refractivity contribution is 0.0697. The van der Waals surface area contributed by atoms with Crippen LogP contribution >= 0.6 is 0 Å². The Hall–Kier alpha value is -2.96. The molecule has 7 heteroatoms. The Morgan fingerprint density at radius 2 is 2.21 bits per heavy atom. The molecule has 0 spiro atoms. The molecule has 0 aliphatic heterocycles. The van der Waals surface area contributed by atoms with Crippen molar-refractivity contribution in [1.82, 2.24) is 19.5 Å². The van der Waals surface area contributed by atoms with Crippen LogP contribution in [0.15, 0.2) is 31.0 Å². The first kappa shape index (κ1) is 14.6. The summed E-state index contributed by atoms with van der Waals surface area (Å²) in [7, 11) is 1.58. The average molecular weight is 324 g/mol. The van der Waals surface area contributed by atoms with Crippen molar-refractivity contribution in [1.29, 1.82) is 0 Å². The van der Waals surface area contributed by atoms with Crippen LogP contribution in [0, 0.1) is 5.92 Å². The van der Waals surface area contributed by atoms with Gasteiger partial charge < -0.3 is 9.84 Å². The molecule has 1 saturated carbocycles. The smallest absolute Gasteiger partial charge is 0.337 e. The molecule has 122 valence electrons. The lowest BCUT2D eigenvalue weighted by Gasteiger charge is -2.07. The molecule has 1 aliphatic carbocycles. The normalized spacial score (nSPS) is 19.4. The number of ether oxygens (including phenoxy) is 1. The maximum Gasteiger partial charge on any atom is 0.337 e. The van der Waals surface area contributed by atoms with Crippen molar-refractivity contribution < 1.29 is 14.6 Å². The third-order valence-corrected chi connectivity index (χ3v) is 4.57. The van der Waals surface area contributed by atoms with Crippen molar-refractivity contribution in [3.8, 4) is 11.6 Å². The van der Waals surface area contributed by atoms with E-state index in [-0.39, 0.29) is 5.56 Å². The third kappa shape index (κ3) is 2.12. The van der Waals surface area contributed by atoms with E-state index in [4.69, 9.17) is 4.74 Å². The Balaban J connectivity index is 2.03. The zero-order chi connectivity index (χ0) is 16.8. The van der Waals surface area contributed by atoms with Crippen LogP contribution in [0.25, 0.3) is 16.7 Å². The Labute approximate surface area is 138 Å². The van der Waals surface area contributed by atoms with Gasteiger partial charge in [0.15, 0.2) is 5.65 Å². The van der Waals surface area contributed by atoms with Crippen molar-refractivity contribution in [3.63, 3.8) is 0 Å². The number of hydrogen-bond donors (Lipinski definition) is 1. The molecule has 3 aromatic heterocycles. The van der Waals surface area contributed by atoms with Crippen LogP contribution in [-0.2, 0) is 0 Å². The average Bonchev–Trinajstić information content (AvgIpc) is 3.19. The second-order valence-corrected chi connectivity index (χ2v) is 6.05. The molecule has 4 rings (SSSR count). The van der Waals surface area contributed by atoms with E-state index in [2.05, 4.69) is 21.9 Å². The van der Waals surface area contributed by atoms with Gasteiger partial charge in [0.1, 0.15) is 6.33 Å². The number of carbonyl (C=O) groups is 1. The number of hydrogen-bond acceptors (Lipinski definition) is 5. The van der Waals surface area contributed by atoms with Crippen LogP contribution < -0.4 is 4.74 Å². The van der Waals surface area contributed by atoms with Gasteiger partial charge in [0.05, 0.1) is 29.9 Å². The van der Waals surface area contributed by atoms with E-state index >= 15 is 0 Å². The van der Waals surface area contributed by atoms with Gasteiger partial charge in [-0.3, -0.25) is 9.55 Å². The number of carboxylic acid groups (broad SMARTS) is 1. The first-order valence-electron chi connectivity index (χ1n) is 7.69. The van der Waals surface area contributed by atoms with Gasteiger partial charge in [0.25, 0.3) is 0 Å². The number of fused-ring (bicyclic) bond motifs is 1. The van der Waals surface area contributed by atoms with Gasteiger partial charge in [-0.2, -0.15) is 0 Å². The van der Waals surface area contributed by atoms with Gasteiger partial charge in [-0.1, -0.05) is 6.92 Å². The molecule has 2 unspecified atom stereocenters. The summed E-state index contributed by atoms with van der Waals surface area (Å²) in [6.07, 6.45) is 7.47. The second kappa shape index (κ2) is 5.30. The molecule has 0 aromatic carbocycles. The van der Waals surface area contributed by atoms with E-state index in [1.54, 1.807) is 11.7 Å². The van der Waals surface area contributed by atoms with Crippen LogP contribution in [0.1, 0.15) is 35.2 Å². The predicted octanol–water partition coefficient (Wildman–Crippen LogP) is 2.65. The zero-order valence-corrected chi connectivity index (χ0v) is 13.3. The fourth-order valence-electron chi connectivity index (χ4n) is 3.19. The molecule has 3 heterocycles. The van der Waals surface area contributed by atoms with Gasteiger partial charge in [0.2, 0.25) is 5.88 Å². The molecule has 1 N–H and O–H groups in total. The maximum atomic E-state index is 11.6. The highest BCUT2D eigenvalue weighted by Gasteiger charge is 2.37. The van der Waals surface area contributed by atoms with Gasteiger partial charge in [-0.25, -0.2) is 14.8 Å². The number of aromatic nitrogens is 4. The Morgan fingerprint density at radius 3 is 2.88 bits per heavy atom. The molecule has 1 aliphatic rings. The topological polar surface area (TPSA) is 90.1 Å². The number of carboxylic acids is 1. The minimum atomic E-state index is -1.00. The lowest BCUT2D eigenvalue weighted by Crippen LogP contribution is -2.06. The summed E-state index contributed by atoms with van der Waals surface area (Å²) < 4.78 is 7.19. The molecule has 7 nitrogen and oxygen atoms in total. The molecule has 0 saturated heterocycles. The van der Waals surface area contributed by atoms with Crippen LogP contribution in [0.4, 0.5) is 0 Å². The number of pyridine rings is 1. The van der Waals surface area contributed by atoms with Crippen molar-refractivity contribution in [3.05, 3.63) is 42.1 Å². The van der Waals surface area contributed by atoms with E-state index in [0.29, 0.717) is 29.1 Å². The molecular formula is C17H16N4O3. The monoisotopic (exact) mass is 324 g/mol. The van der Waals surface area contributed by atoms with Crippen molar-refractivity contribution in [2.24, 2.45) is 5.92 Å². The van der Waals surface area contributed by atoms with E-state index in [1.165, 1.54) is 24.8 Å². The van der Waals surface area contributed by atoms with Gasteiger partial charge in [0, 0.05) is 12.4 Å². The van der Waals surface area contributed by atoms with Crippen molar-refractivity contribution >= 4 is 17.0 Å². The van der Waals surface area contributed by atoms with E-state index in [0.717, 1.165) is 17.4 Å². The van der Waals surface area contributed by atoms with Crippen LogP contribution in [-0.4, -0.2) is 37.7 Å². The molecule has 2 atom stereocenters. The first-order chi connectivity index (χ1) is 11.6. The zero-order valence-electron chi connectivity index (χ0n) is 13.3. The SMILES string of the molecule is COc1ncnc2c1c(C1CC1C)cn2-c1cnccc1C(=O)O. The van der Waals surface area contributed by atoms with Crippen LogP contribution in [0.2, 0.25) is 0 Å². The number of rotatable bonds is 4. The molecule has 0 radical (unpaired) electrons. The highest BCUT2D eigenvalue weighted by Crippen LogP contribution is 2.50. The van der Waals surface area contributed by atoms with Crippen LogP contribution in [0.5, 0.6) is 5.88 Å². The van der Waals surface area contributed by atoms with Crippen molar-refractivity contribution in [2.45, 2.75) is 19.3 Å². The molecular weight excluding hydrogens is 308 g/mol. The summed E-state index contributed by atoms with van der Waals surface area (Å²) in [6, 6.07) is 1.49. The van der Waals surface area contributed by atoms with E-state index in [1.807, 2.05) is 6.20 Å². The lowest BCUT2D eigenvalue weighted by atomic mass is 10.1. The van der Waals surface area contributed by atoms with E-state index < -0.39 is 5.97 Å². The molecule has 1 fully saturated rings. The molecule has 0 bridgehead atoms. The highest BCUT2D eigenvalue weighted by molar-refractivity contribution is 5.94. The molecule has 24 heavy (non-hydrogen) atoms. The van der Waals surface area contributed by atoms with Gasteiger partial charge in [-0.15, -0.1) is 0 Å². The summed E-state index contributed by atoms with van der Waals surface area (Å²) in [4.78, 5) is 24.2. The van der Waals surface area contributed by atoms with Crippen molar-refractivity contribution in [2.75, 3.05) is 7.11 Å². The van der Waals surface area contributed by atoms with E-state index in [9.17, 15) is 9.90 Å². The Kier molecular flexibility index (Phi) is 3.23. The quantitative estimate of drug-likeness (QED) is 0.793. The summed E-state index contributed by atoms with van der Waals surface area (Å²) in [6.45, 7) is 2.19. The fraction of sp³-hybridized carbons (Fsp3) is 0.294. The largest absolute Gasteiger partial charge is 0.480 e. The minimum Gasteiger partial charge on any atom is -0.480 e. The highest BCUT2D eigenvalue weighted by atomic mass is 16.5. The molecule has 0 amide bonds. The molecule has 3 aromatic rings. The Bertz CT molecular complexity index is 950. The van der Waals surface area contributed by atoms with Gasteiger partial charge in [-0.05, 0) is 29.9 Å².